The molecule has 0 aliphatic heterocycles. The lowest BCUT2D eigenvalue weighted by atomic mass is 9.75. The molecule has 0 heterocycles. The molecule has 1 saturated carbocycles. The Balaban J connectivity index is 1.94. The monoisotopic (exact) mass is 363 g/mol. The topological polar surface area (TPSA) is 95.7 Å². The molecule has 0 spiro atoms. The second-order valence-corrected chi connectivity index (χ2v) is 7.20. The average Bonchev–Trinajstić information content (AvgIpc) is 2.59. The molecule has 142 valence electrons. The van der Waals surface area contributed by atoms with Crippen molar-refractivity contribution in [1.82, 2.24) is 0 Å². The molecular weight excluding hydrogens is 338 g/mol. The number of hydrogen-bond acceptors (Lipinski definition) is 6. The Hall–Kier alpha value is -2.44. The van der Waals surface area contributed by atoms with Crippen LogP contribution in [0, 0.1) is 27.9 Å². The van der Waals surface area contributed by atoms with Crippen LogP contribution in [0.3, 0.4) is 0 Å². The number of hydrogen-bond donors (Lipinski definition) is 0. The van der Waals surface area contributed by atoms with Gasteiger partial charge in [0, 0.05) is 6.07 Å². The number of esters is 2. The minimum atomic E-state index is -0.910. The zero-order valence-corrected chi connectivity index (χ0v) is 15.3. The Morgan fingerprint density at radius 3 is 2.62 bits per heavy atom. The van der Waals surface area contributed by atoms with Crippen LogP contribution in [0.4, 0.5) is 5.69 Å². The SMILES string of the molecule is CC(C)[C@@H]1CC[C@H](C)C[C@H]1OC(=O)COC(=O)c1ccccc1[N+](=O)[O-]. The first kappa shape index (κ1) is 19.9. The molecule has 0 aromatic heterocycles. The lowest BCUT2D eigenvalue weighted by Gasteiger charge is -2.36. The number of carbonyl (C=O) groups is 2. The zero-order chi connectivity index (χ0) is 19.3. The molecule has 0 N–H and O–H groups in total. The van der Waals surface area contributed by atoms with Gasteiger partial charge in [0.05, 0.1) is 4.92 Å². The van der Waals surface area contributed by atoms with Gasteiger partial charge in [0.2, 0.25) is 0 Å². The van der Waals surface area contributed by atoms with Gasteiger partial charge in [-0.3, -0.25) is 10.1 Å². The second-order valence-electron chi connectivity index (χ2n) is 7.20. The van der Waals surface area contributed by atoms with Crippen molar-refractivity contribution in [3.05, 3.63) is 39.9 Å². The molecular formula is C19H25NO6. The minimum Gasteiger partial charge on any atom is -0.460 e. The summed E-state index contributed by atoms with van der Waals surface area (Å²) < 4.78 is 10.5. The summed E-state index contributed by atoms with van der Waals surface area (Å²) in [6.45, 7) is 5.79. The number of ether oxygens (including phenoxy) is 2. The smallest absolute Gasteiger partial charge is 0.345 e. The Bertz CT molecular complexity index is 672. The van der Waals surface area contributed by atoms with E-state index in [1.54, 1.807) is 0 Å². The molecule has 1 aromatic rings. The first-order valence-electron chi connectivity index (χ1n) is 8.89. The van der Waals surface area contributed by atoms with Gasteiger partial charge < -0.3 is 9.47 Å². The molecule has 2 rings (SSSR count). The summed E-state index contributed by atoms with van der Waals surface area (Å²) in [4.78, 5) is 34.5. The number of carbonyl (C=O) groups excluding carboxylic acids is 2. The quantitative estimate of drug-likeness (QED) is 0.434. The Kier molecular flexibility index (Phi) is 6.71. The summed E-state index contributed by atoms with van der Waals surface area (Å²) >= 11 is 0. The van der Waals surface area contributed by atoms with Gasteiger partial charge in [-0.25, -0.2) is 9.59 Å². The van der Waals surface area contributed by atoms with E-state index in [1.807, 2.05) is 0 Å². The van der Waals surface area contributed by atoms with E-state index in [0.717, 1.165) is 19.3 Å². The average molecular weight is 363 g/mol. The van der Waals surface area contributed by atoms with E-state index < -0.39 is 23.5 Å². The largest absolute Gasteiger partial charge is 0.460 e. The second kappa shape index (κ2) is 8.78. The standard InChI is InChI=1S/C19H25NO6/c1-12(2)14-9-8-13(3)10-17(14)26-18(21)11-25-19(22)15-6-4-5-7-16(15)20(23)24/h4-7,12-14,17H,8-11H2,1-3H3/t13-,14-,17+/m0/s1. The minimum absolute atomic E-state index is 0.184. The van der Waals surface area contributed by atoms with Gasteiger partial charge in [-0.05, 0) is 36.7 Å². The van der Waals surface area contributed by atoms with Crippen molar-refractivity contribution < 1.29 is 24.0 Å². The van der Waals surface area contributed by atoms with Crippen molar-refractivity contribution in [1.29, 1.82) is 0 Å². The number of rotatable bonds is 6. The Morgan fingerprint density at radius 2 is 1.96 bits per heavy atom. The number of nitro groups is 1. The summed E-state index contributed by atoms with van der Waals surface area (Å²) in [5, 5.41) is 11.0. The van der Waals surface area contributed by atoms with Crippen LogP contribution in [0.15, 0.2) is 24.3 Å². The number of nitrogens with zero attached hydrogens (tertiary/aromatic N) is 1. The van der Waals surface area contributed by atoms with Gasteiger partial charge in [0.1, 0.15) is 11.7 Å². The van der Waals surface area contributed by atoms with E-state index in [2.05, 4.69) is 20.8 Å². The highest BCUT2D eigenvalue weighted by Gasteiger charge is 2.33. The highest BCUT2D eigenvalue weighted by molar-refractivity contribution is 5.94. The normalized spacial score (nSPS) is 22.7. The Morgan fingerprint density at radius 1 is 1.27 bits per heavy atom. The van der Waals surface area contributed by atoms with Crippen LogP contribution in [-0.2, 0) is 14.3 Å². The van der Waals surface area contributed by atoms with E-state index in [1.165, 1.54) is 24.3 Å². The highest BCUT2D eigenvalue weighted by atomic mass is 16.6. The van der Waals surface area contributed by atoms with Crippen LogP contribution in [0.5, 0.6) is 0 Å². The summed E-state index contributed by atoms with van der Waals surface area (Å²) in [7, 11) is 0. The number of benzene rings is 1. The lowest BCUT2D eigenvalue weighted by Crippen LogP contribution is -2.36. The number of para-hydroxylation sites is 1. The van der Waals surface area contributed by atoms with Crippen molar-refractivity contribution in [2.45, 2.75) is 46.1 Å². The van der Waals surface area contributed by atoms with Crippen LogP contribution in [-0.4, -0.2) is 29.6 Å². The predicted molar refractivity (Wildman–Crippen MR) is 94.6 cm³/mol. The van der Waals surface area contributed by atoms with E-state index in [0.29, 0.717) is 17.8 Å². The van der Waals surface area contributed by atoms with E-state index in [9.17, 15) is 19.7 Å². The summed E-state index contributed by atoms with van der Waals surface area (Å²) in [6, 6.07) is 5.47. The van der Waals surface area contributed by atoms with Gasteiger partial charge in [0.15, 0.2) is 6.61 Å². The maximum absolute atomic E-state index is 12.1. The van der Waals surface area contributed by atoms with E-state index >= 15 is 0 Å². The van der Waals surface area contributed by atoms with Gasteiger partial charge in [0.25, 0.3) is 5.69 Å². The summed E-state index contributed by atoms with van der Waals surface area (Å²) in [6.07, 6.45) is 2.74. The molecule has 26 heavy (non-hydrogen) atoms. The molecule has 7 heteroatoms. The van der Waals surface area contributed by atoms with Crippen molar-refractivity contribution in [3.8, 4) is 0 Å². The first-order chi connectivity index (χ1) is 12.3. The van der Waals surface area contributed by atoms with Gasteiger partial charge in [-0.1, -0.05) is 39.3 Å². The first-order valence-corrected chi connectivity index (χ1v) is 8.89. The molecule has 1 aliphatic rings. The third-order valence-electron chi connectivity index (χ3n) is 4.89. The zero-order valence-electron chi connectivity index (χ0n) is 15.3. The summed E-state index contributed by atoms with van der Waals surface area (Å²) in [5.41, 5.74) is -0.538. The van der Waals surface area contributed by atoms with E-state index in [-0.39, 0.29) is 17.4 Å². The van der Waals surface area contributed by atoms with E-state index in [4.69, 9.17) is 9.47 Å². The van der Waals surface area contributed by atoms with Crippen molar-refractivity contribution >= 4 is 17.6 Å². The van der Waals surface area contributed by atoms with Crippen LogP contribution < -0.4 is 0 Å². The highest BCUT2D eigenvalue weighted by Crippen LogP contribution is 2.35. The van der Waals surface area contributed by atoms with Crippen molar-refractivity contribution in [3.63, 3.8) is 0 Å². The maximum Gasteiger partial charge on any atom is 0.345 e. The van der Waals surface area contributed by atoms with Crippen LogP contribution in [0.25, 0.3) is 0 Å². The fourth-order valence-electron chi connectivity index (χ4n) is 3.46. The van der Waals surface area contributed by atoms with Gasteiger partial charge >= 0.3 is 11.9 Å². The molecule has 0 amide bonds. The third-order valence-corrected chi connectivity index (χ3v) is 4.89. The molecule has 7 nitrogen and oxygen atoms in total. The number of nitro benzene ring substituents is 1. The molecule has 0 radical (unpaired) electrons. The van der Waals surface area contributed by atoms with Crippen LogP contribution >= 0.6 is 0 Å². The molecule has 0 unspecified atom stereocenters. The maximum atomic E-state index is 12.1. The molecule has 1 fully saturated rings. The third kappa shape index (κ3) is 5.03. The van der Waals surface area contributed by atoms with Gasteiger partial charge in [-0.2, -0.15) is 0 Å². The molecule has 1 aliphatic carbocycles. The van der Waals surface area contributed by atoms with Crippen molar-refractivity contribution in [2.24, 2.45) is 17.8 Å². The molecule has 1 aromatic carbocycles. The fourth-order valence-corrected chi connectivity index (χ4v) is 3.46. The van der Waals surface area contributed by atoms with Gasteiger partial charge in [-0.15, -0.1) is 0 Å². The Labute approximate surface area is 152 Å². The van der Waals surface area contributed by atoms with Crippen LogP contribution in [0.1, 0.15) is 50.4 Å². The summed E-state index contributed by atoms with van der Waals surface area (Å²) in [5.74, 6) is -0.360. The lowest BCUT2D eigenvalue weighted by molar-refractivity contribution is -0.385. The fraction of sp³-hybridized carbons (Fsp3) is 0.579. The molecule has 0 bridgehead atoms. The van der Waals surface area contributed by atoms with Crippen molar-refractivity contribution in [2.75, 3.05) is 6.61 Å². The molecule has 3 atom stereocenters. The molecule has 0 saturated heterocycles. The van der Waals surface area contributed by atoms with Crippen LogP contribution in [0.2, 0.25) is 0 Å². The predicted octanol–water partition coefficient (Wildman–Crippen LogP) is 3.76.